The molecule has 0 saturated carbocycles. The first-order valence-electron chi connectivity index (χ1n) is 5.81. The Morgan fingerprint density at radius 2 is 2.19 bits per heavy atom. The molecular formula is C14H15NO. The first-order valence-corrected chi connectivity index (χ1v) is 5.81. The lowest BCUT2D eigenvalue weighted by atomic mass is 10.1. The molecule has 0 saturated heterocycles. The first kappa shape index (κ1) is 9.64. The largest absolute Gasteiger partial charge is 0.344 e. The second kappa shape index (κ2) is 3.21. The molecule has 0 atom stereocenters. The van der Waals surface area contributed by atoms with Gasteiger partial charge in [0.1, 0.15) is 0 Å². The Bertz CT molecular complexity index is 592. The first-order chi connectivity index (χ1) is 7.68. The average Bonchev–Trinajstić information content (AvgIpc) is 2.83. The van der Waals surface area contributed by atoms with Gasteiger partial charge in [0.25, 0.3) is 0 Å². The Kier molecular flexibility index (Phi) is 1.93. The Labute approximate surface area is 94.9 Å². The lowest BCUT2D eigenvalue weighted by Crippen LogP contribution is -1.95. The highest BCUT2D eigenvalue weighted by Crippen LogP contribution is 2.31. The van der Waals surface area contributed by atoms with Gasteiger partial charge in [-0.1, -0.05) is 12.1 Å². The molecule has 3 rings (SSSR count). The maximum absolute atomic E-state index is 11.4. The molecule has 0 aliphatic carbocycles. The zero-order valence-electron chi connectivity index (χ0n) is 9.71. The Balaban J connectivity index is 2.35. The van der Waals surface area contributed by atoms with Gasteiger partial charge in [-0.3, -0.25) is 4.79 Å². The molecule has 0 radical (unpaired) electrons. The quantitative estimate of drug-likeness (QED) is 0.667. The number of aromatic nitrogens is 1. The molecule has 2 aromatic rings. The highest BCUT2D eigenvalue weighted by atomic mass is 16.1. The van der Waals surface area contributed by atoms with Crippen LogP contribution in [0.3, 0.4) is 0 Å². The highest BCUT2D eigenvalue weighted by molar-refractivity contribution is 5.98. The maximum atomic E-state index is 11.4. The molecule has 2 nitrogen and oxygen atoms in total. The minimum atomic E-state index is 0.146. The number of ketones is 1. The molecule has 0 bridgehead atoms. The van der Waals surface area contributed by atoms with E-state index >= 15 is 0 Å². The molecule has 16 heavy (non-hydrogen) atoms. The van der Waals surface area contributed by atoms with Crippen LogP contribution in [0, 0.1) is 6.92 Å². The van der Waals surface area contributed by atoms with Crippen molar-refractivity contribution in [2.24, 2.45) is 0 Å². The number of rotatable bonds is 1. The van der Waals surface area contributed by atoms with Gasteiger partial charge in [0.15, 0.2) is 5.78 Å². The van der Waals surface area contributed by atoms with Crippen molar-refractivity contribution in [3.8, 4) is 0 Å². The van der Waals surface area contributed by atoms with Crippen molar-refractivity contribution >= 4 is 16.7 Å². The van der Waals surface area contributed by atoms with Crippen LogP contribution in [0.1, 0.15) is 35.0 Å². The van der Waals surface area contributed by atoms with Crippen molar-refractivity contribution < 1.29 is 4.79 Å². The van der Waals surface area contributed by atoms with Crippen molar-refractivity contribution in [2.75, 3.05) is 0 Å². The zero-order valence-corrected chi connectivity index (χ0v) is 9.71. The number of hydrogen-bond donors (Lipinski definition) is 0. The molecule has 82 valence electrons. The standard InChI is InChI=1S/C14H15NO/c1-9-12-6-5-11(10(2)16)8-14(12)15-7-3-4-13(9)15/h5-6,8H,3-4,7H2,1-2H3. The van der Waals surface area contributed by atoms with Gasteiger partial charge in [-0.25, -0.2) is 0 Å². The van der Waals surface area contributed by atoms with Crippen LogP contribution in [-0.4, -0.2) is 10.4 Å². The third-order valence-corrected chi connectivity index (χ3v) is 3.65. The summed E-state index contributed by atoms with van der Waals surface area (Å²) in [7, 11) is 0. The third kappa shape index (κ3) is 1.16. The molecule has 1 aromatic heterocycles. The van der Waals surface area contributed by atoms with E-state index in [1.165, 1.54) is 35.0 Å². The Morgan fingerprint density at radius 3 is 2.94 bits per heavy atom. The van der Waals surface area contributed by atoms with Crippen LogP contribution in [-0.2, 0) is 13.0 Å². The number of carbonyl (C=O) groups is 1. The molecular weight excluding hydrogens is 198 g/mol. The summed E-state index contributed by atoms with van der Waals surface area (Å²) in [5, 5.41) is 1.31. The van der Waals surface area contributed by atoms with Crippen molar-refractivity contribution in [1.82, 2.24) is 4.57 Å². The molecule has 0 spiro atoms. The summed E-state index contributed by atoms with van der Waals surface area (Å²) in [6, 6.07) is 6.07. The summed E-state index contributed by atoms with van der Waals surface area (Å²) in [6.45, 7) is 4.91. The SMILES string of the molecule is CC(=O)c1ccc2c(C)c3n(c2c1)CCC3. The lowest BCUT2D eigenvalue weighted by Gasteiger charge is -2.01. The normalized spacial score (nSPS) is 14.4. The molecule has 1 aliphatic heterocycles. The average molecular weight is 213 g/mol. The van der Waals surface area contributed by atoms with Gasteiger partial charge in [-0.05, 0) is 38.3 Å². The van der Waals surface area contributed by atoms with Gasteiger partial charge in [-0.15, -0.1) is 0 Å². The Morgan fingerprint density at radius 1 is 1.38 bits per heavy atom. The van der Waals surface area contributed by atoms with E-state index in [1.807, 2.05) is 12.1 Å². The fraction of sp³-hybridized carbons (Fsp3) is 0.357. The van der Waals surface area contributed by atoms with Gasteiger partial charge >= 0.3 is 0 Å². The fourth-order valence-electron chi connectivity index (χ4n) is 2.78. The third-order valence-electron chi connectivity index (χ3n) is 3.65. The molecule has 1 aromatic carbocycles. The van der Waals surface area contributed by atoms with E-state index in [0.717, 1.165) is 12.1 Å². The summed E-state index contributed by atoms with van der Waals surface area (Å²) in [4.78, 5) is 11.4. The van der Waals surface area contributed by atoms with Gasteiger partial charge in [0, 0.05) is 28.7 Å². The minimum Gasteiger partial charge on any atom is -0.344 e. The van der Waals surface area contributed by atoms with E-state index in [4.69, 9.17) is 0 Å². The Hall–Kier alpha value is -1.57. The molecule has 0 fully saturated rings. The predicted molar refractivity (Wildman–Crippen MR) is 65.0 cm³/mol. The van der Waals surface area contributed by atoms with Crippen molar-refractivity contribution in [3.63, 3.8) is 0 Å². The van der Waals surface area contributed by atoms with Crippen molar-refractivity contribution in [1.29, 1.82) is 0 Å². The van der Waals surface area contributed by atoms with Crippen LogP contribution in [0.25, 0.3) is 10.9 Å². The second-order valence-corrected chi connectivity index (χ2v) is 4.61. The molecule has 0 unspecified atom stereocenters. The number of benzene rings is 1. The van der Waals surface area contributed by atoms with Crippen LogP contribution >= 0.6 is 0 Å². The number of Topliss-reactive ketones (excluding diaryl/α,β-unsaturated/α-hetero) is 1. The summed E-state index contributed by atoms with van der Waals surface area (Å²) >= 11 is 0. The van der Waals surface area contributed by atoms with E-state index in [-0.39, 0.29) is 5.78 Å². The minimum absolute atomic E-state index is 0.146. The maximum Gasteiger partial charge on any atom is 0.159 e. The van der Waals surface area contributed by atoms with Gasteiger partial charge in [-0.2, -0.15) is 0 Å². The number of carbonyl (C=O) groups excluding carboxylic acids is 1. The second-order valence-electron chi connectivity index (χ2n) is 4.61. The number of aryl methyl sites for hydroxylation is 2. The van der Waals surface area contributed by atoms with Crippen LogP contribution in [0.5, 0.6) is 0 Å². The van der Waals surface area contributed by atoms with Gasteiger partial charge in [0.2, 0.25) is 0 Å². The highest BCUT2D eigenvalue weighted by Gasteiger charge is 2.18. The van der Waals surface area contributed by atoms with E-state index in [1.54, 1.807) is 6.92 Å². The van der Waals surface area contributed by atoms with Crippen LogP contribution in [0.4, 0.5) is 0 Å². The molecule has 2 heteroatoms. The van der Waals surface area contributed by atoms with E-state index in [9.17, 15) is 4.79 Å². The summed E-state index contributed by atoms with van der Waals surface area (Å²) < 4.78 is 2.37. The summed E-state index contributed by atoms with van der Waals surface area (Å²) in [5.41, 5.74) is 4.90. The summed E-state index contributed by atoms with van der Waals surface area (Å²) in [6.07, 6.45) is 2.41. The van der Waals surface area contributed by atoms with E-state index in [2.05, 4.69) is 17.6 Å². The van der Waals surface area contributed by atoms with Crippen LogP contribution < -0.4 is 0 Å². The van der Waals surface area contributed by atoms with E-state index < -0.39 is 0 Å². The lowest BCUT2D eigenvalue weighted by molar-refractivity contribution is 0.101. The van der Waals surface area contributed by atoms with Gasteiger partial charge in [0.05, 0.1) is 0 Å². The van der Waals surface area contributed by atoms with Gasteiger partial charge < -0.3 is 4.57 Å². The molecule has 2 heterocycles. The van der Waals surface area contributed by atoms with Crippen LogP contribution in [0.2, 0.25) is 0 Å². The van der Waals surface area contributed by atoms with Crippen molar-refractivity contribution in [2.45, 2.75) is 33.2 Å². The number of nitrogens with zero attached hydrogens (tertiary/aromatic N) is 1. The molecule has 1 aliphatic rings. The molecule has 0 N–H and O–H groups in total. The molecule has 0 amide bonds. The predicted octanol–water partition coefficient (Wildman–Crippen LogP) is 3.10. The van der Waals surface area contributed by atoms with E-state index in [0.29, 0.717) is 0 Å². The number of hydrogen-bond acceptors (Lipinski definition) is 1. The fourth-order valence-corrected chi connectivity index (χ4v) is 2.78. The number of fused-ring (bicyclic) bond motifs is 3. The topological polar surface area (TPSA) is 22.0 Å². The zero-order chi connectivity index (χ0) is 11.3. The smallest absolute Gasteiger partial charge is 0.159 e. The summed E-state index contributed by atoms with van der Waals surface area (Å²) in [5.74, 6) is 0.146. The van der Waals surface area contributed by atoms with Crippen molar-refractivity contribution in [3.05, 3.63) is 35.0 Å². The monoisotopic (exact) mass is 213 g/mol. The van der Waals surface area contributed by atoms with Crippen LogP contribution in [0.15, 0.2) is 18.2 Å².